The first-order valence-electron chi connectivity index (χ1n) is 6.28. The minimum atomic E-state index is 0.453. The highest BCUT2D eigenvalue weighted by molar-refractivity contribution is 7.15. The van der Waals surface area contributed by atoms with Crippen LogP contribution in [0.25, 0.3) is 10.8 Å². The van der Waals surface area contributed by atoms with Crippen molar-refractivity contribution in [3.63, 3.8) is 0 Å². The average Bonchev–Trinajstić information content (AvgIpc) is 3.08. The molecule has 0 bridgehead atoms. The van der Waals surface area contributed by atoms with Crippen LogP contribution in [0, 0.1) is 6.92 Å². The summed E-state index contributed by atoms with van der Waals surface area (Å²) in [5.74, 6) is 1.92. The van der Waals surface area contributed by atoms with Gasteiger partial charge in [-0.2, -0.15) is 4.98 Å². The summed E-state index contributed by atoms with van der Waals surface area (Å²) in [7, 11) is 0. The van der Waals surface area contributed by atoms with E-state index < -0.39 is 0 Å². The van der Waals surface area contributed by atoms with E-state index in [0.29, 0.717) is 18.4 Å². The predicted molar refractivity (Wildman–Crippen MR) is 69.2 cm³/mol. The summed E-state index contributed by atoms with van der Waals surface area (Å²) in [5.41, 5.74) is 6.51. The molecule has 2 aromatic rings. The third-order valence-corrected chi connectivity index (χ3v) is 4.54. The molecule has 3 rings (SSSR count). The maximum atomic E-state index is 5.60. The SMILES string of the molecule is Cc1nc(CN)sc1-c1nc(C2CCCC2)no1. The molecule has 2 N–H and O–H groups in total. The van der Waals surface area contributed by atoms with Gasteiger partial charge in [0.15, 0.2) is 5.82 Å². The Bertz CT molecular complexity index is 542. The molecule has 5 nitrogen and oxygen atoms in total. The highest BCUT2D eigenvalue weighted by atomic mass is 32.1. The van der Waals surface area contributed by atoms with Crippen molar-refractivity contribution in [2.24, 2.45) is 5.73 Å². The molecule has 96 valence electrons. The Hall–Kier alpha value is -1.27. The fraction of sp³-hybridized carbons (Fsp3) is 0.583. The largest absolute Gasteiger partial charge is 0.333 e. The molecule has 0 saturated heterocycles. The van der Waals surface area contributed by atoms with E-state index in [0.717, 1.165) is 21.4 Å². The van der Waals surface area contributed by atoms with Crippen molar-refractivity contribution in [1.82, 2.24) is 15.1 Å². The second kappa shape index (κ2) is 4.78. The standard InChI is InChI=1S/C12H16N4OS/c1-7-10(18-9(6-13)14-7)12-15-11(16-17-12)8-4-2-3-5-8/h8H,2-6,13H2,1H3. The summed E-state index contributed by atoms with van der Waals surface area (Å²) < 4.78 is 5.37. The zero-order valence-electron chi connectivity index (χ0n) is 10.3. The molecule has 2 aromatic heterocycles. The van der Waals surface area contributed by atoms with E-state index >= 15 is 0 Å². The first kappa shape index (κ1) is 11.8. The number of rotatable bonds is 3. The molecule has 0 unspecified atom stereocenters. The van der Waals surface area contributed by atoms with Gasteiger partial charge < -0.3 is 10.3 Å². The van der Waals surface area contributed by atoms with E-state index in [4.69, 9.17) is 10.3 Å². The molecule has 1 aliphatic carbocycles. The highest BCUT2D eigenvalue weighted by Crippen LogP contribution is 2.35. The first-order chi connectivity index (χ1) is 8.78. The zero-order chi connectivity index (χ0) is 12.5. The van der Waals surface area contributed by atoms with Gasteiger partial charge in [-0.05, 0) is 19.8 Å². The van der Waals surface area contributed by atoms with Crippen molar-refractivity contribution in [3.8, 4) is 10.8 Å². The number of aromatic nitrogens is 3. The normalized spacial score (nSPS) is 16.6. The zero-order valence-corrected chi connectivity index (χ0v) is 11.2. The topological polar surface area (TPSA) is 77.8 Å². The van der Waals surface area contributed by atoms with Gasteiger partial charge >= 0.3 is 0 Å². The molecule has 0 amide bonds. The second-order valence-electron chi connectivity index (χ2n) is 4.67. The Kier molecular flexibility index (Phi) is 3.13. The van der Waals surface area contributed by atoms with Crippen LogP contribution in [0.5, 0.6) is 0 Å². The van der Waals surface area contributed by atoms with Crippen LogP contribution in [0.15, 0.2) is 4.52 Å². The first-order valence-corrected chi connectivity index (χ1v) is 7.10. The summed E-state index contributed by atoms with van der Waals surface area (Å²) in [6, 6.07) is 0. The molecule has 0 aliphatic heterocycles. The van der Waals surface area contributed by atoms with Gasteiger partial charge in [-0.3, -0.25) is 0 Å². The molecule has 0 radical (unpaired) electrons. The van der Waals surface area contributed by atoms with Gasteiger partial charge in [0.25, 0.3) is 5.89 Å². The van der Waals surface area contributed by atoms with E-state index in [1.54, 1.807) is 0 Å². The average molecular weight is 264 g/mol. The van der Waals surface area contributed by atoms with Crippen LogP contribution in [-0.2, 0) is 6.54 Å². The third-order valence-electron chi connectivity index (χ3n) is 3.37. The van der Waals surface area contributed by atoms with Crippen molar-refractivity contribution in [2.75, 3.05) is 0 Å². The molecule has 1 aliphatic rings. The van der Waals surface area contributed by atoms with Crippen LogP contribution in [0.3, 0.4) is 0 Å². The van der Waals surface area contributed by atoms with Crippen molar-refractivity contribution in [1.29, 1.82) is 0 Å². The van der Waals surface area contributed by atoms with Crippen molar-refractivity contribution < 1.29 is 4.52 Å². The van der Waals surface area contributed by atoms with Gasteiger partial charge in [-0.1, -0.05) is 18.0 Å². The fourth-order valence-electron chi connectivity index (χ4n) is 2.41. The molecule has 1 fully saturated rings. The van der Waals surface area contributed by atoms with Crippen molar-refractivity contribution in [2.45, 2.75) is 45.1 Å². The Morgan fingerprint density at radius 3 is 2.78 bits per heavy atom. The number of thiazole rings is 1. The molecule has 0 spiro atoms. The quantitative estimate of drug-likeness (QED) is 0.922. The summed E-state index contributed by atoms with van der Waals surface area (Å²) in [5, 5.41) is 5.02. The maximum Gasteiger partial charge on any atom is 0.269 e. The van der Waals surface area contributed by atoms with Gasteiger partial charge in [0.2, 0.25) is 0 Å². The minimum Gasteiger partial charge on any atom is -0.333 e. The monoisotopic (exact) mass is 264 g/mol. The molecule has 0 atom stereocenters. The number of nitrogens with two attached hydrogens (primary N) is 1. The van der Waals surface area contributed by atoms with E-state index in [-0.39, 0.29) is 0 Å². The van der Waals surface area contributed by atoms with E-state index in [9.17, 15) is 0 Å². The van der Waals surface area contributed by atoms with Crippen LogP contribution >= 0.6 is 11.3 Å². The van der Waals surface area contributed by atoms with Crippen LogP contribution in [-0.4, -0.2) is 15.1 Å². The van der Waals surface area contributed by atoms with Crippen LogP contribution in [0.4, 0.5) is 0 Å². The minimum absolute atomic E-state index is 0.453. The van der Waals surface area contributed by atoms with Gasteiger partial charge in [0.1, 0.15) is 9.88 Å². The molecular formula is C12H16N4OS. The molecule has 1 saturated carbocycles. The lowest BCUT2D eigenvalue weighted by atomic mass is 10.1. The van der Waals surface area contributed by atoms with Crippen LogP contribution < -0.4 is 5.73 Å². The van der Waals surface area contributed by atoms with E-state index in [1.165, 1.54) is 37.0 Å². The highest BCUT2D eigenvalue weighted by Gasteiger charge is 2.24. The summed E-state index contributed by atoms with van der Waals surface area (Å²) in [6.07, 6.45) is 4.89. The molecule has 2 heterocycles. The molecule has 6 heteroatoms. The molecule has 0 aromatic carbocycles. The van der Waals surface area contributed by atoms with E-state index in [1.807, 2.05) is 6.92 Å². The van der Waals surface area contributed by atoms with Crippen molar-refractivity contribution >= 4 is 11.3 Å². The number of nitrogens with zero attached hydrogens (tertiary/aromatic N) is 3. The third kappa shape index (κ3) is 2.06. The summed E-state index contributed by atoms with van der Waals surface area (Å²) in [6.45, 7) is 2.40. The van der Waals surface area contributed by atoms with Gasteiger partial charge in [-0.25, -0.2) is 4.98 Å². The Morgan fingerprint density at radius 1 is 1.33 bits per heavy atom. The Labute approximate surface area is 109 Å². The Balaban J connectivity index is 1.89. The van der Waals surface area contributed by atoms with Crippen LogP contribution in [0.1, 0.15) is 48.1 Å². The summed E-state index contributed by atoms with van der Waals surface area (Å²) >= 11 is 1.54. The molecular weight excluding hydrogens is 248 g/mol. The van der Waals surface area contributed by atoms with Gasteiger partial charge in [0.05, 0.1) is 5.69 Å². The van der Waals surface area contributed by atoms with Gasteiger partial charge in [-0.15, -0.1) is 11.3 Å². The second-order valence-corrected chi connectivity index (χ2v) is 5.75. The van der Waals surface area contributed by atoms with E-state index in [2.05, 4.69) is 15.1 Å². The fourth-order valence-corrected chi connectivity index (χ4v) is 3.28. The smallest absolute Gasteiger partial charge is 0.269 e. The predicted octanol–water partition coefficient (Wildman–Crippen LogP) is 2.62. The van der Waals surface area contributed by atoms with Crippen molar-refractivity contribution in [3.05, 3.63) is 16.5 Å². The lowest BCUT2D eigenvalue weighted by Gasteiger charge is -1.99. The number of aryl methyl sites for hydroxylation is 1. The maximum absolute atomic E-state index is 5.60. The number of hydrogen-bond donors (Lipinski definition) is 1. The van der Waals surface area contributed by atoms with Crippen LogP contribution in [0.2, 0.25) is 0 Å². The molecule has 18 heavy (non-hydrogen) atoms. The summed E-state index contributed by atoms with van der Waals surface area (Å²) in [4.78, 5) is 9.85. The number of hydrogen-bond acceptors (Lipinski definition) is 6. The van der Waals surface area contributed by atoms with Gasteiger partial charge in [0, 0.05) is 12.5 Å². The lowest BCUT2D eigenvalue weighted by molar-refractivity contribution is 0.416. The Morgan fingerprint density at radius 2 is 2.11 bits per heavy atom. The lowest BCUT2D eigenvalue weighted by Crippen LogP contribution is -1.94.